The first kappa shape index (κ1) is 15.6. The third kappa shape index (κ3) is 2.79. The normalized spacial score (nSPS) is 29.8. The van der Waals surface area contributed by atoms with E-state index in [0.29, 0.717) is 0 Å². The predicted octanol–water partition coefficient (Wildman–Crippen LogP) is 1.68. The molecule has 3 rings (SSSR count). The van der Waals surface area contributed by atoms with Gasteiger partial charge in [0.15, 0.2) is 11.6 Å². The van der Waals surface area contributed by atoms with Crippen LogP contribution in [0.15, 0.2) is 12.1 Å². The van der Waals surface area contributed by atoms with E-state index >= 15 is 0 Å². The first-order valence-corrected chi connectivity index (χ1v) is 8.17. The topological polar surface area (TPSA) is 48.8 Å². The molecule has 2 saturated heterocycles. The van der Waals surface area contributed by atoms with Gasteiger partial charge in [-0.3, -0.25) is 0 Å². The molecule has 5 nitrogen and oxygen atoms in total. The van der Waals surface area contributed by atoms with E-state index in [2.05, 4.69) is 16.8 Å². The van der Waals surface area contributed by atoms with Crippen molar-refractivity contribution in [3.63, 3.8) is 0 Å². The van der Waals surface area contributed by atoms with E-state index in [-0.39, 0.29) is 11.5 Å². The van der Waals surface area contributed by atoms with Crippen LogP contribution in [0.2, 0.25) is 0 Å². The van der Waals surface area contributed by atoms with Crippen LogP contribution >= 0.6 is 0 Å². The highest BCUT2D eigenvalue weighted by Gasteiger charge is 2.45. The minimum Gasteiger partial charge on any atom is -0.493 e. The van der Waals surface area contributed by atoms with Gasteiger partial charge in [0.1, 0.15) is 0 Å². The summed E-state index contributed by atoms with van der Waals surface area (Å²) in [7, 11) is 3.84. The second kappa shape index (κ2) is 6.05. The molecule has 0 bridgehead atoms. The molecule has 0 unspecified atom stereocenters. The van der Waals surface area contributed by atoms with Gasteiger partial charge in [-0.25, -0.2) is 4.98 Å². The number of hydrogen-bond donors (Lipinski definition) is 1. The average Bonchev–Trinajstić information content (AvgIpc) is 2.51. The molecule has 2 aliphatic rings. The van der Waals surface area contributed by atoms with Crippen LogP contribution in [0.25, 0.3) is 0 Å². The fourth-order valence-corrected chi connectivity index (χ4v) is 4.03. The molecule has 0 amide bonds. The first-order chi connectivity index (χ1) is 10.5. The SMILES string of the molecule is COc1ccc(C)nc1N1CCC[C@]2(CN(C)CC[C@@H]2O)C1. The van der Waals surface area contributed by atoms with E-state index in [0.717, 1.165) is 62.7 Å². The molecule has 5 heteroatoms. The summed E-state index contributed by atoms with van der Waals surface area (Å²) in [6.45, 7) is 5.77. The Balaban J connectivity index is 1.88. The summed E-state index contributed by atoms with van der Waals surface area (Å²) < 4.78 is 5.50. The third-order valence-electron chi connectivity index (χ3n) is 5.18. The number of aliphatic hydroxyl groups excluding tert-OH is 1. The molecule has 0 radical (unpaired) electrons. The summed E-state index contributed by atoms with van der Waals surface area (Å²) in [6.07, 6.45) is 2.82. The maximum atomic E-state index is 10.6. The van der Waals surface area contributed by atoms with Gasteiger partial charge in [-0.05, 0) is 45.4 Å². The van der Waals surface area contributed by atoms with Gasteiger partial charge in [-0.1, -0.05) is 0 Å². The molecule has 2 fully saturated rings. The number of likely N-dealkylation sites (tertiary alicyclic amines) is 1. The molecule has 1 N–H and O–H groups in total. The summed E-state index contributed by atoms with van der Waals surface area (Å²) >= 11 is 0. The average molecular weight is 305 g/mol. The Morgan fingerprint density at radius 3 is 2.91 bits per heavy atom. The standard InChI is InChI=1S/C17H27N3O2/c1-13-5-6-14(22-3)16(18-13)20-9-4-8-17(12-20)11-19(2)10-7-15(17)21/h5-6,15,21H,4,7-12H2,1-3H3/t15-,17-/m0/s1. The molecule has 0 saturated carbocycles. The summed E-state index contributed by atoms with van der Waals surface area (Å²) in [5, 5.41) is 10.6. The van der Waals surface area contributed by atoms with Gasteiger partial charge in [-0.15, -0.1) is 0 Å². The van der Waals surface area contributed by atoms with Crippen LogP contribution in [0, 0.1) is 12.3 Å². The van der Waals surface area contributed by atoms with Gasteiger partial charge in [0, 0.05) is 37.3 Å². The van der Waals surface area contributed by atoms with Gasteiger partial charge in [0.25, 0.3) is 0 Å². The van der Waals surface area contributed by atoms with Crippen LogP contribution in [0.3, 0.4) is 0 Å². The monoisotopic (exact) mass is 305 g/mol. The Bertz CT molecular complexity index is 537. The number of aryl methyl sites for hydroxylation is 1. The quantitative estimate of drug-likeness (QED) is 0.901. The first-order valence-electron chi connectivity index (χ1n) is 8.17. The highest BCUT2D eigenvalue weighted by Crippen LogP contribution is 2.41. The number of aromatic nitrogens is 1. The molecule has 2 atom stereocenters. The number of rotatable bonds is 2. The highest BCUT2D eigenvalue weighted by atomic mass is 16.5. The smallest absolute Gasteiger partial charge is 0.171 e. The minimum absolute atomic E-state index is 0.0400. The van der Waals surface area contributed by atoms with Crippen LogP contribution < -0.4 is 9.64 Å². The maximum absolute atomic E-state index is 10.6. The number of hydrogen-bond acceptors (Lipinski definition) is 5. The predicted molar refractivity (Wildman–Crippen MR) is 87.5 cm³/mol. The summed E-state index contributed by atoms with van der Waals surface area (Å²) in [5.74, 6) is 1.74. The number of anilines is 1. The lowest BCUT2D eigenvalue weighted by molar-refractivity contribution is -0.0467. The zero-order chi connectivity index (χ0) is 15.7. The largest absolute Gasteiger partial charge is 0.493 e. The van der Waals surface area contributed by atoms with Crippen LogP contribution in [0.5, 0.6) is 5.75 Å². The van der Waals surface area contributed by atoms with Crippen molar-refractivity contribution in [3.05, 3.63) is 17.8 Å². The molecule has 22 heavy (non-hydrogen) atoms. The van der Waals surface area contributed by atoms with Crippen LogP contribution in [-0.2, 0) is 0 Å². The Morgan fingerprint density at radius 1 is 1.32 bits per heavy atom. The van der Waals surface area contributed by atoms with Crippen molar-refractivity contribution in [3.8, 4) is 5.75 Å². The van der Waals surface area contributed by atoms with Crippen molar-refractivity contribution in [2.45, 2.75) is 32.3 Å². The lowest BCUT2D eigenvalue weighted by Crippen LogP contribution is -2.58. The van der Waals surface area contributed by atoms with Crippen molar-refractivity contribution in [1.82, 2.24) is 9.88 Å². The number of aliphatic hydroxyl groups is 1. The zero-order valence-corrected chi connectivity index (χ0v) is 13.9. The molecule has 0 aliphatic carbocycles. The van der Waals surface area contributed by atoms with Gasteiger partial charge in [-0.2, -0.15) is 0 Å². The molecule has 1 aromatic heterocycles. The number of ether oxygens (including phenoxy) is 1. The molecule has 0 aromatic carbocycles. The highest BCUT2D eigenvalue weighted by molar-refractivity contribution is 5.53. The molecule has 1 spiro atoms. The van der Waals surface area contributed by atoms with E-state index in [1.165, 1.54) is 0 Å². The van der Waals surface area contributed by atoms with Crippen molar-refractivity contribution < 1.29 is 9.84 Å². The van der Waals surface area contributed by atoms with Gasteiger partial charge in [0.05, 0.1) is 13.2 Å². The second-order valence-electron chi connectivity index (χ2n) is 6.91. The number of piperidine rings is 2. The van der Waals surface area contributed by atoms with Gasteiger partial charge < -0.3 is 19.6 Å². The number of pyridine rings is 1. The number of nitrogens with zero attached hydrogens (tertiary/aromatic N) is 3. The number of methoxy groups -OCH3 is 1. The molecule has 2 aliphatic heterocycles. The Labute approximate surface area is 132 Å². The van der Waals surface area contributed by atoms with E-state index in [1.807, 2.05) is 19.1 Å². The molecule has 3 heterocycles. The molecule has 122 valence electrons. The van der Waals surface area contributed by atoms with Gasteiger partial charge in [0.2, 0.25) is 0 Å². The fraction of sp³-hybridized carbons (Fsp3) is 0.706. The Morgan fingerprint density at radius 2 is 2.14 bits per heavy atom. The summed E-state index contributed by atoms with van der Waals surface area (Å²) in [5.41, 5.74) is 0.957. The van der Waals surface area contributed by atoms with E-state index in [1.54, 1.807) is 7.11 Å². The van der Waals surface area contributed by atoms with E-state index in [4.69, 9.17) is 9.72 Å². The van der Waals surface area contributed by atoms with E-state index < -0.39 is 0 Å². The zero-order valence-electron chi connectivity index (χ0n) is 13.9. The van der Waals surface area contributed by atoms with Crippen LogP contribution in [0.1, 0.15) is 25.0 Å². The maximum Gasteiger partial charge on any atom is 0.171 e. The Kier molecular flexibility index (Phi) is 4.28. The van der Waals surface area contributed by atoms with Crippen molar-refractivity contribution in [2.24, 2.45) is 5.41 Å². The minimum atomic E-state index is -0.220. The lowest BCUT2D eigenvalue weighted by atomic mass is 9.71. The fourth-order valence-electron chi connectivity index (χ4n) is 4.03. The second-order valence-corrected chi connectivity index (χ2v) is 6.91. The third-order valence-corrected chi connectivity index (χ3v) is 5.18. The van der Waals surface area contributed by atoms with Crippen molar-refractivity contribution in [1.29, 1.82) is 0 Å². The Hall–Kier alpha value is -1.33. The molecular formula is C17H27N3O2. The van der Waals surface area contributed by atoms with Gasteiger partial charge >= 0.3 is 0 Å². The molecular weight excluding hydrogens is 278 g/mol. The van der Waals surface area contributed by atoms with Crippen LogP contribution in [-0.4, -0.2) is 61.4 Å². The summed E-state index contributed by atoms with van der Waals surface area (Å²) in [6, 6.07) is 3.97. The van der Waals surface area contributed by atoms with Crippen molar-refractivity contribution in [2.75, 3.05) is 45.2 Å². The summed E-state index contributed by atoms with van der Waals surface area (Å²) in [4.78, 5) is 9.34. The van der Waals surface area contributed by atoms with E-state index in [9.17, 15) is 5.11 Å². The van der Waals surface area contributed by atoms with Crippen molar-refractivity contribution >= 4 is 5.82 Å². The van der Waals surface area contributed by atoms with Crippen LogP contribution in [0.4, 0.5) is 5.82 Å². The molecule has 1 aromatic rings. The lowest BCUT2D eigenvalue weighted by Gasteiger charge is -2.50.